The van der Waals surface area contributed by atoms with Crippen molar-refractivity contribution in [2.24, 2.45) is 0 Å². The van der Waals surface area contributed by atoms with E-state index in [2.05, 4.69) is 0 Å². The van der Waals surface area contributed by atoms with E-state index in [9.17, 15) is 4.79 Å². The highest BCUT2D eigenvalue weighted by Crippen LogP contribution is 2.24. The third-order valence-electron chi connectivity index (χ3n) is 1.52. The predicted octanol–water partition coefficient (Wildman–Crippen LogP) is 1.83. The van der Waals surface area contributed by atoms with Gasteiger partial charge in [-0.1, -0.05) is 6.07 Å². The van der Waals surface area contributed by atoms with E-state index < -0.39 is 11.2 Å². The Bertz CT molecular complexity index is 314. The lowest BCUT2D eigenvalue weighted by Crippen LogP contribution is -2.10. The summed E-state index contributed by atoms with van der Waals surface area (Å²) in [5.41, 5.74) is 6.20. The topological polar surface area (TPSA) is 63.3 Å². The molecule has 1 aromatic rings. The van der Waals surface area contributed by atoms with Gasteiger partial charge in [-0.15, -0.1) is 11.8 Å². The smallest absolute Gasteiger partial charge is 0.316 e. The van der Waals surface area contributed by atoms with Gasteiger partial charge in [-0.05, 0) is 25.1 Å². The molecule has 0 aliphatic carbocycles. The summed E-state index contributed by atoms with van der Waals surface area (Å²) >= 11 is 1.29. The van der Waals surface area contributed by atoms with Gasteiger partial charge in [0.1, 0.15) is 5.25 Å². The highest BCUT2D eigenvalue weighted by atomic mass is 32.2. The summed E-state index contributed by atoms with van der Waals surface area (Å²) < 4.78 is 0. The minimum absolute atomic E-state index is 0.443. The summed E-state index contributed by atoms with van der Waals surface area (Å²) in [5.74, 6) is -0.813. The molecule has 0 heterocycles. The van der Waals surface area contributed by atoms with Crippen molar-refractivity contribution < 1.29 is 9.90 Å². The Morgan fingerprint density at radius 2 is 2.31 bits per heavy atom. The molecule has 3 N–H and O–H groups in total. The van der Waals surface area contributed by atoms with Crippen molar-refractivity contribution >= 4 is 23.4 Å². The molecule has 0 saturated carbocycles. The molecule has 0 radical (unpaired) electrons. The van der Waals surface area contributed by atoms with Crippen LogP contribution in [-0.2, 0) is 4.79 Å². The second kappa shape index (κ2) is 4.18. The molecule has 70 valence electrons. The molecule has 0 amide bonds. The Balaban J connectivity index is 2.69. The molecule has 1 unspecified atom stereocenters. The molecule has 0 fully saturated rings. The van der Waals surface area contributed by atoms with Crippen LogP contribution < -0.4 is 5.73 Å². The molecule has 0 aliphatic heterocycles. The minimum Gasteiger partial charge on any atom is -0.480 e. The third kappa shape index (κ3) is 2.99. The van der Waals surface area contributed by atoms with Crippen LogP contribution in [0, 0.1) is 0 Å². The lowest BCUT2D eigenvalue weighted by molar-refractivity contribution is -0.136. The summed E-state index contributed by atoms with van der Waals surface area (Å²) in [7, 11) is 0. The molecule has 3 nitrogen and oxygen atoms in total. The van der Waals surface area contributed by atoms with Crippen molar-refractivity contribution in [1.29, 1.82) is 0 Å². The van der Waals surface area contributed by atoms with Crippen LogP contribution in [0.15, 0.2) is 29.2 Å². The van der Waals surface area contributed by atoms with E-state index in [0.29, 0.717) is 5.69 Å². The molecule has 1 aromatic carbocycles. The number of hydrogen-bond donors (Lipinski definition) is 2. The summed E-state index contributed by atoms with van der Waals surface area (Å²) in [5, 5.41) is 8.22. The molecule has 0 bridgehead atoms. The minimum atomic E-state index is -0.813. The first-order chi connectivity index (χ1) is 6.09. The van der Waals surface area contributed by atoms with Gasteiger partial charge in [0, 0.05) is 10.6 Å². The van der Waals surface area contributed by atoms with Crippen molar-refractivity contribution in [3.8, 4) is 0 Å². The van der Waals surface area contributed by atoms with Gasteiger partial charge in [-0.2, -0.15) is 0 Å². The van der Waals surface area contributed by atoms with Gasteiger partial charge in [-0.3, -0.25) is 4.79 Å². The van der Waals surface area contributed by atoms with Crippen LogP contribution in [0.25, 0.3) is 0 Å². The molecule has 0 aliphatic rings. The lowest BCUT2D eigenvalue weighted by Gasteiger charge is -2.05. The van der Waals surface area contributed by atoms with Crippen LogP contribution in [-0.4, -0.2) is 16.3 Å². The van der Waals surface area contributed by atoms with E-state index >= 15 is 0 Å². The van der Waals surface area contributed by atoms with Gasteiger partial charge in [0.2, 0.25) is 0 Å². The fraction of sp³-hybridized carbons (Fsp3) is 0.222. The number of benzene rings is 1. The quantitative estimate of drug-likeness (QED) is 0.573. The fourth-order valence-electron chi connectivity index (χ4n) is 0.842. The van der Waals surface area contributed by atoms with Crippen LogP contribution in [0.5, 0.6) is 0 Å². The summed E-state index contributed by atoms with van der Waals surface area (Å²) in [6, 6.07) is 7.20. The van der Waals surface area contributed by atoms with Gasteiger partial charge in [0.15, 0.2) is 0 Å². The third-order valence-corrected chi connectivity index (χ3v) is 2.60. The number of anilines is 1. The van der Waals surface area contributed by atoms with Gasteiger partial charge in [0.05, 0.1) is 0 Å². The Kier molecular flexibility index (Phi) is 3.19. The maximum absolute atomic E-state index is 10.5. The number of aliphatic carboxylic acids is 1. The summed E-state index contributed by atoms with van der Waals surface area (Å²) in [6.07, 6.45) is 0. The highest BCUT2D eigenvalue weighted by Gasteiger charge is 2.11. The SMILES string of the molecule is CC(Sc1cccc(N)c1)C(=O)O. The number of rotatable bonds is 3. The van der Waals surface area contributed by atoms with E-state index in [4.69, 9.17) is 10.8 Å². The van der Waals surface area contributed by atoms with E-state index in [1.165, 1.54) is 11.8 Å². The molecule has 0 aromatic heterocycles. The maximum atomic E-state index is 10.5. The summed E-state index contributed by atoms with van der Waals surface area (Å²) in [4.78, 5) is 11.4. The zero-order valence-corrected chi connectivity index (χ0v) is 8.04. The maximum Gasteiger partial charge on any atom is 0.316 e. The largest absolute Gasteiger partial charge is 0.480 e. The normalized spacial score (nSPS) is 12.4. The van der Waals surface area contributed by atoms with Crippen molar-refractivity contribution in [2.45, 2.75) is 17.1 Å². The molecule has 1 rings (SSSR count). The molecular weight excluding hydrogens is 186 g/mol. The van der Waals surface area contributed by atoms with Crippen LogP contribution in [0.2, 0.25) is 0 Å². The first-order valence-corrected chi connectivity index (χ1v) is 4.72. The summed E-state index contributed by atoms with van der Waals surface area (Å²) in [6.45, 7) is 1.65. The van der Waals surface area contributed by atoms with Crippen molar-refractivity contribution in [3.63, 3.8) is 0 Å². The number of nitrogen functional groups attached to an aromatic ring is 1. The lowest BCUT2D eigenvalue weighted by atomic mass is 10.3. The average Bonchev–Trinajstić information content (AvgIpc) is 2.04. The standard InChI is InChI=1S/C9H11NO2S/c1-6(9(11)12)13-8-4-2-3-7(10)5-8/h2-6H,10H2,1H3,(H,11,12). The van der Waals surface area contributed by atoms with Gasteiger partial charge >= 0.3 is 5.97 Å². The molecular formula is C9H11NO2S. The first kappa shape index (κ1) is 9.92. The number of carbonyl (C=O) groups is 1. The van der Waals surface area contributed by atoms with Gasteiger partial charge in [0.25, 0.3) is 0 Å². The van der Waals surface area contributed by atoms with E-state index in [-0.39, 0.29) is 0 Å². The fourth-order valence-corrected chi connectivity index (χ4v) is 1.71. The average molecular weight is 197 g/mol. The van der Waals surface area contributed by atoms with E-state index in [1.807, 2.05) is 12.1 Å². The molecule has 0 spiro atoms. The number of carboxylic acid groups (broad SMARTS) is 1. The first-order valence-electron chi connectivity index (χ1n) is 3.84. The Hall–Kier alpha value is -1.16. The number of nitrogens with two attached hydrogens (primary N) is 1. The monoisotopic (exact) mass is 197 g/mol. The van der Waals surface area contributed by atoms with Gasteiger partial charge < -0.3 is 10.8 Å². The van der Waals surface area contributed by atoms with E-state index in [1.54, 1.807) is 19.1 Å². The van der Waals surface area contributed by atoms with Crippen LogP contribution in [0.3, 0.4) is 0 Å². The highest BCUT2D eigenvalue weighted by molar-refractivity contribution is 8.00. The molecule has 13 heavy (non-hydrogen) atoms. The Morgan fingerprint density at radius 3 is 2.85 bits per heavy atom. The number of hydrogen-bond acceptors (Lipinski definition) is 3. The molecule has 0 saturated heterocycles. The van der Waals surface area contributed by atoms with Crippen LogP contribution in [0.1, 0.15) is 6.92 Å². The predicted molar refractivity (Wildman–Crippen MR) is 53.8 cm³/mol. The Morgan fingerprint density at radius 1 is 1.62 bits per heavy atom. The van der Waals surface area contributed by atoms with Crippen molar-refractivity contribution in [1.82, 2.24) is 0 Å². The van der Waals surface area contributed by atoms with Crippen LogP contribution >= 0.6 is 11.8 Å². The zero-order chi connectivity index (χ0) is 9.84. The van der Waals surface area contributed by atoms with E-state index in [0.717, 1.165) is 4.90 Å². The molecule has 4 heteroatoms. The molecule has 1 atom stereocenters. The Labute approximate surface area is 80.9 Å². The zero-order valence-electron chi connectivity index (χ0n) is 7.23. The van der Waals surface area contributed by atoms with Crippen LogP contribution in [0.4, 0.5) is 5.69 Å². The van der Waals surface area contributed by atoms with Crippen molar-refractivity contribution in [2.75, 3.05) is 5.73 Å². The van der Waals surface area contributed by atoms with Crippen molar-refractivity contribution in [3.05, 3.63) is 24.3 Å². The number of carboxylic acids is 1. The number of thioether (sulfide) groups is 1. The second-order valence-corrected chi connectivity index (χ2v) is 4.09. The second-order valence-electron chi connectivity index (χ2n) is 2.67. The van der Waals surface area contributed by atoms with Gasteiger partial charge in [-0.25, -0.2) is 0 Å².